The third-order valence-electron chi connectivity index (χ3n) is 3.10. The minimum atomic E-state index is -3.92. The van der Waals surface area contributed by atoms with E-state index in [0.717, 1.165) is 0 Å². The van der Waals surface area contributed by atoms with E-state index in [1.165, 1.54) is 55.6 Å². The van der Waals surface area contributed by atoms with Crippen LogP contribution in [-0.4, -0.2) is 35.0 Å². The molecule has 0 saturated carbocycles. The number of rotatable bonds is 6. The fourth-order valence-electron chi connectivity index (χ4n) is 1.81. The lowest BCUT2D eigenvalue weighted by atomic mass is 10.2. The molecule has 128 valence electrons. The molecule has 0 atom stereocenters. The molecule has 3 N–H and O–H groups in total. The second-order valence-corrected chi connectivity index (χ2v) is 8.24. The Morgan fingerprint density at radius 3 is 1.75 bits per heavy atom. The van der Waals surface area contributed by atoms with Crippen LogP contribution in [-0.2, 0) is 20.0 Å². The van der Waals surface area contributed by atoms with Gasteiger partial charge in [-0.1, -0.05) is 0 Å². The van der Waals surface area contributed by atoms with Gasteiger partial charge in [0.25, 0.3) is 10.0 Å². The van der Waals surface area contributed by atoms with Gasteiger partial charge in [0.05, 0.1) is 15.4 Å². The maximum atomic E-state index is 12.2. The summed E-state index contributed by atoms with van der Waals surface area (Å²) < 4.78 is 52.1. The third kappa shape index (κ3) is 3.91. The van der Waals surface area contributed by atoms with Crippen molar-refractivity contribution in [3.8, 4) is 0 Å². The first-order chi connectivity index (χ1) is 11.2. The van der Waals surface area contributed by atoms with Gasteiger partial charge in [-0.2, -0.15) is 0 Å². The van der Waals surface area contributed by atoms with Gasteiger partial charge in [-0.3, -0.25) is 4.72 Å². The number of hydrogen-bond donors (Lipinski definition) is 3. The summed E-state index contributed by atoms with van der Waals surface area (Å²) in [5.74, 6) is -1.16. The number of benzene rings is 2. The van der Waals surface area contributed by atoms with Crippen LogP contribution in [0.25, 0.3) is 0 Å². The molecule has 0 saturated heterocycles. The van der Waals surface area contributed by atoms with Crippen LogP contribution in [0.4, 0.5) is 5.69 Å². The van der Waals surface area contributed by atoms with E-state index in [1.807, 2.05) is 0 Å². The van der Waals surface area contributed by atoms with Crippen LogP contribution in [0.15, 0.2) is 58.3 Å². The van der Waals surface area contributed by atoms with Crippen molar-refractivity contribution in [3.05, 3.63) is 54.1 Å². The predicted octanol–water partition coefficient (Wildman–Crippen LogP) is 1.09. The smallest absolute Gasteiger partial charge is 0.335 e. The van der Waals surface area contributed by atoms with Gasteiger partial charge in [0, 0.05) is 5.69 Å². The number of aromatic carboxylic acids is 1. The molecule has 0 unspecified atom stereocenters. The quantitative estimate of drug-likeness (QED) is 0.698. The lowest BCUT2D eigenvalue weighted by Gasteiger charge is -2.09. The molecule has 0 aliphatic heterocycles. The first-order valence-electron chi connectivity index (χ1n) is 6.55. The molecule has 0 bridgehead atoms. The van der Waals surface area contributed by atoms with E-state index in [1.54, 1.807) is 0 Å². The zero-order valence-electron chi connectivity index (χ0n) is 12.4. The van der Waals surface area contributed by atoms with Gasteiger partial charge in [0.2, 0.25) is 10.0 Å². The highest BCUT2D eigenvalue weighted by atomic mass is 32.2. The zero-order chi connectivity index (χ0) is 18.0. The summed E-state index contributed by atoms with van der Waals surface area (Å²) in [5, 5.41) is 8.81. The molecule has 0 spiro atoms. The molecular weight excluding hydrogens is 356 g/mol. The van der Waals surface area contributed by atoms with Crippen molar-refractivity contribution in [2.24, 2.45) is 0 Å². The summed E-state index contributed by atoms with van der Waals surface area (Å²) in [6.07, 6.45) is 0. The summed E-state index contributed by atoms with van der Waals surface area (Å²) in [6.45, 7) is 0. The highest BCUT2D eigenvalue weighted by Crippen LogP contribution is 2.18. The number of carboxylic acids is 1. The first kappa shape index (κ1) is 17.9. The first-order valence-corrected chi connectivity index (χ1v) is 9.52. The van der Waals surface area contributed by atoms with Crippen molar-refractivity contribution in [2.45, 2.75) is 9.79 Å². The fourth-order valence-corrected chi connectivity index (χ4v) is 3.60. The zero-order valence-corrected chi connectivity index (χ0v) is 14.1. The number of carbonyl (C=O) groups is 1. The SMILES string of the molecule is CNS(=O)(=O)c1ccc(NS(=O)(=O)c2ccc(C(=O)O)cc2)cc1. The predicted molar refractivity (Wildman–Crippen MR) is 86.9 cm³/mol. The summed E-state index contributed by atoms with van der Waals surface area (Å²) in [6, 6.07) is 9.85. The van der Waals surface area contributed by atoms with Gasteiger partial charge in [-0.15, -0.1) is 0 Å². The second-order valence-electron chi connectivity index (χ2n) is 4.67. The molecule has 0 amide bonds. The van der Waals surface area contributed by atoms with Gasteiger partial charge in [-0.25, -0.2) is 26.4 Å². The van der Waals surface area contributed by atoms with E-state index in [9.17, 15) is 21.6 Å². The Balaban J connectivity index is 2.24. The maximum Gasteiger partial charge on any atom is 0.335 e. The number of sulfonamides is 2. The van der Waals surface area contributed by atoms with Crippen molar-refractivity contribution in [1.29, 1.82) is 0 Å². The van der Waals surface area contributed by atoms with Crippen LogP contribution in [0.2, 0.25) is 0 Å². The molecule has 2 aromatic rings. The summed E-state index contributed by atoms with van der Waals surface area (Å²) in [5.41, 5.74) is 0.142. The molecule has 2 aromatic carbocycles. The van der Waals surface area contributed by atoms with E-state index in [4.69, 9.17) is 5.11 Å². The van der Waals surface area contributed by atoms with Crippen LogP contribution < -0.4 is 9.44 Å². The van der Waals surface area contributed by atoms with Crippen molar-refractivity contribution >= 4 is 31.7 Å². The lowest BCUT2D eigenvalue weighted by molar-refractivity contribution is 0.0696. The number of anilines is 1. The molecule has 24 heavy (non-hydrogen) atoms. The number of hydrogen-bond acceptors (Lipinski definition) is 5. The molecule has 8 nitrogen and oxygen atoms in total. The maximum absolute atomic E-state index is 12.2. The molecule has 0 heterocycles. The third-order valence-corrected chi connectivity index (χ3v) is 5.92. The van der Waals surface area contributed by atoms with Gasteiger partial charge < -0.3 is 5.11 Å². The molecule has 0 aliphatic carbocycles. The standard InChI is InChI=1S/C14H14N2O6S2/c1-15-23(19,20)12-8-4-11(5-9-12)16-24(21,22)13-6-2-10(3-7-13)14(17)18/h2-9,15-16H,1H3,(H,17,18). The van der Waals surface area contributed by atoms with Crippen molar-refractivity contribution in [2.75, 3.05) is 11.8 Å². The molecule has 10 heteroatoms. The average Bonchev–Trinajstić information content (AvgIpc) is 2.55. The Morgan fingerprint density at radius 2 is 1.29 bits per heavy atom. The Labute approximate surface area is 139 Å². The minimum Gasteiger partial charge on any atom is -0.478 e. The van der Waals surface area contributed by atoms with Gasteiger partial charge >= 0.3 is 5.97 Å². The Morgan fingerprint density at radius 1 is 0.833 bits per heavy atom. The molecule has 0 aliphatic rings. The van der Waals surface area contributed by atoms with Crippen molar-refractivity contribution in [1.82, 2.24) is 4.72 Å². The topological polar surface area (TPSA) is 130 Å². The highest BCUT2D eigenvalue weighted by molar-refractivity contribution is 7.92. The monoisotopic (exact) mass is 370 g/mol. The fraction of sp³-hybridized carbons (Fsp3) is 0.0714. The average molecular weight is 370 g/mol. The Bertz CT molecular complexity index is 949. The number of nitrogens with one attached hydrogen (secondary N) is 2. The van der Waals surface area contributed by atoms with Crippen LogP contribution in [0, 0.1) is 0 Å². The van der Waals surface area contributed by atoms with Gasteiger partial charge in [-0.05, 0) is 55.6 Å². The summed E-state index contributed by atoms with van der Waals surface area (Å²) in [7, 11) is -6.25. The largest absolute Gasteiger partial charge is 0.478 e. The molecule has 2 rings (SSSR count). The molecule has 0 aromatic heterocycles. The van der Waals surface area contributed by atoms with E-state index < -0.39 is 26.0 Å². The highest BCUT2D eigenvalue weighted by Gasteiger charge is 2.16. The van der Waals surface area contributed by atoms with Gasteiger partial charge in [0.1, 0.15) is 0 Å². The minimum absolute atomic E-state index is 0.00115. The van der Waals surface area contributed by atoms with Crippen molar-refractivity contribution in [3.63, 3.8) is 0 Å². The second kappa shape index (κ2) is 6.59. The van der Waals surface area contributed by atoms with E-state index in [2.05, 4.69) is 9.44 Å². The molecular formula is C14H14N2O6S2. The van der Waals surface area contributed by atoms with Crippen LogP contribution in [0.3, 0.4) is 0 Å². The van der Waals surface area contributed by atoms with Gasteiger partial charge in [0.15, 0.2) is 0 Å². The van der Waals surface area contributed by atoms with Crippen LogP contribution in [0.5, 0.6) is 0 Å². The van der Waals surface area contributed by atoms with Crippen LogP contribution in [0.1, 0.15) is 10.4 Å². The lowest BCUT2D eigenvalue weighted by Crippen LogP contribution is -2.18. The molecule has 0 fully saturated rings. The summed E-state index contributed by atoms with van der Waals surface area (Å²) in [4.78, 5) is 10.7. The van der Waals surface area contributed by atoms with E-state index in [-0.39, 0.29) is 21.0 Å². The van der Waals surface area contributed by atoms with E-state index >= 15 is 0 Å². The van der Waals surface area contributed by atoms with Crippen molar-refractivity contribution < 1.29 is 26.7 Å². The van der Waals surface area contributed by atoms with Crippen LogP contribution >= 0.6 is 0 Å². The number of carboxylic acid groups (broad SMARTS) is 1. The summed E-state index contributed by atoms with van der Waals surface area (Å²) >= 11 is 0. The van der Waals surface area contributed by atoms with E-state index in [0.29, 0.717) is 0 Å². The Hall–Kier alpha value is -2.43. The Kier molecular flexibility index (Phi) is 4.92. The normalized spacial score (nSPS) is 11.9. The molecule has 0 radical (unpaired) electrons.